The number of aromatic nitrogens is 2. The Kier molecular flexibility index (Phi) is 7.21. The van der Waals surface area contributed by atoms with Crippen LogP contribution in [0.25, 0.3) is 5.69 Å². The molecule has 7 heteroatoms. The van der Waals surface area contributed by atoms with Gasteiger partial charge in [0.2, 0.25) is 0 Å². The van der Waals surface area contributed by atoms with Crippen LogP contribution < -0.4 is 11.1 Å². The number of aryl methyl sites for hydroxylation is 1. The van der Waals surface area contributed by atoms with Gasteiger partial charge in [0.1, 0.15) is 5.82 Å². The van der Waals surface area contributed by atoms with Gasteiger partial charge >= 0.3 is 0 Å². The quantitative estimate of drug-likeness (QED) is 0.333. The number of nitrogens with one attached hydrogen (secondary N) is 1. The second-order valence-corrected chi connectivity index (χ2v) is 5.17. The maximum atomic E-state index is 13.0. The number of benzene rings is 1. The second kappa shape index (κ2) is 8.66. The molecule has 0 aliphatic rings. The lowest BCUT2D eigenvalue weighted by molar-refractivity contribution is 0.627. The van der Waals surface area contributed by atoms with E-state index < -0.39 is 0 Å². The lowest BCUT2D eigenvalue weighted by Crippen LogP contribution is -2.32. The summed E-state index contributed by atoms with van der Waals surface area (Å²) < 4.78 is 14.7. The minimum absolute atomic E-state index is 0. The molecular formula is C16H21FIN5. The topological polar surface area (TPSA) is 68.2 Å². The van der Waals surface area contributed by atoms with Gasteiger partial charge in [-0.25, -0.2) is 14.1 Å². The lowest BCUT2D eigenvalue weighted by atomic mass is 10.2. The van der Waals surface area contributed by atoms with Crippen LogP contribution in [0.2, 0.25) is 0 Å². The molecule has 1 aromatic heterocycles. The van der Waals surface area contributed by atoms with Gasteiger partial charge in [-0.3, -0.25) is 0 Å². The first-order valence-electron chi connectivity index (χ1n) is 6.95. The Balaban J connectivity index is 0.00000264. The average molecular weight is 429 g/mol. The van der Waals surface area contributed by atoms with Crippen LogP contribution >= 0.6 is 24.0 Å². The van der Waals surface area contributed by atoms with E-state index in [1.54, 1.807) is 16.8 Å². The van der Waals surface area contributed by atoms with Gasteiger partial charge in [0.15, 0.2) is 5.96 Å². The van der Waals surface area contributed by atoms with Crippen LogP contribution in [0.3, 0.4) is 0 Å². The molecule has 0 saturated carbocycles. The van der Waals surface area contributed by atoms with E-state index in [1.165, 1.54) is 12.1 Å². The number of aliphatic imine (C=N–C) groups is 1. The number of nitrogens with two attached hydrogens (primary N) is 1. The number of hydrogen-bond donors (Lipinski definition) is 2. The van der Waals surface area contributed by atoms with E-state index in [4.69, 9.17) is 5.73 Å². The lowest BCUT2D eigenvalue weighted by Gasteiger charge is -2.04. The molecule has 0 radical (unpaired) electrons. The van der Waals surface area contributed by atoms with E-state index in [9.17, 15) is 4.39 Å². The summed E-state index contributed by atoms with van der Waals surface area (Å²) in [5.41, 5.74) is 9.39. The molecule has 0 atom stereocenters. The molecule has 0 saturated heterocycles. The van der Waals surface area contributed by atoms with Crippen LogP contribution in [0.15, 0.2) is 47.6 Å². The molecule has 0 amide bonds. The Morgan fingerprint density at radius 1 is 1.39 bits per heavy atom. The van der Waals surface area contributed by atoms with Crippen molar-refractivity contribution in [2.24, 2.45) is 10.7 Å². The molecular weight excluding hydrogens is 408 g/mol. The molecule has 2 aromatic rings. The number of halogens is 2. The van der Waals surface area contributed by atoms with E-state index in [0.717, 1.165) is 22.5 Å². The minimum atomic E-state index is -0.270. The summed E-state index contributed by atoms with van der Waals surface area (Å²) in [7, 11) is 0. The van der Waals surface area contributed by atoms with Crippen LogP contribution in [0, 0.1) is 12.7 Å². The molecule has 0 unspecified atom stereocenters. The fourth-order valence-corrected chi connectivity index (χ4v) is 1.84. The van der Waals surface area contributed by atoms with E-state index in [-0.39, 0.29) is 29.8 Å². The van der Waals surface area contributed by atoms with Crippen LogP contribution in [0.5, 0.6) is 0 Å². The smallest absolute Gasteiger partial charge is 0.189 e. The van der Waals surface area contributed by atoms with Gasteiger partial charge in [0, 0.05) is 18.3 Å². The van der Waals surface area contributed by atoms with Gasteiger partial charge in [-0.15, -0.1) is 24.0 Å². The number of rotatable bonds is 5. The van der Waals surface area contributed by atoms with Crippen molar-refractivity contribution in [3.63, 3.8) is 0 Å². The van der Waals surface area contributed by atoms with Crippen molar-refractivity contribution in [1.82, 2.24) is 15.1 Å². The second-order valence-electron chi connectivity index (χ2n) is 5.17. The van der Waals surface area contributed by atoms with Gasteiger partial charge < -0.3 is 11.1 Å². The van der Waals surface area contributed by atoms with Crippen LogP contribution in [-0.2, 0) is 6.54 Å². The van der Waals surface area contributed by atoms with E-state index in [1.807, 2.05) is 20.0 Å². The molecule has 124 valence electrons. The molecule has 23 heavy (non-hydrogen) atoms. The van der Waals surface area contributed by atoms with Crippen molar-refractivity contribution >= 4 is 29.9 Å². The fraction of sp³-hybridized carbons (Fsp3) is 0.250. The van der Waals surface area contributed by atoms with Crippen LogP contribution in [0.4, 0.5) is 4.39 Å². The highest BCUT2D eigenvalue weighted by molar-refractivity contribution is 14.0. The third kappa shape index (κ3) is 5.66. The molecule has 3 N–H and O–H groups in total. The van der Waals surface area contributed by atoms with Gasteiger partial charge in [-0.05, 0) is 38.1 Å². The molecule has 5 nitrogen and oxygen atoms in total. The van der Waals surface area contributed by atoms with Gasteiger partial charge in [0.25, 0.3) is 0 Å². The van der Waals surface area contributed by atoms with Crippen molar-refractivity contribution in [3.8, 4) is 5.69 Å². The van der Waals surface area contributed by atoms with Crippen LogP contribution in [0.1, 0.15) is 18.2 Å². The third-order valence-electron chi connectivity index (χ3n) is 3.08. The summed E-state index contributed by atoms with van der Waals surface area (Å²) in [4.78, 5) is 4.28. The van der Waals surface area contributed by atoms with Crippen molar-refractivity contribution in [1.29, 1.82) is 0 Å². The van der Waals surface area contributed by atoms with Crippen molar-refractivity contribution in [2.75, 3.05) is 6.54 Å². The molecule has 0 fully saturated rings. The van der Waals surface area contributed by atoms with Crippen LogP contribution in [-0.4, -0.2) is 22.3 Å². The zero-order chi connectivity index (χ0) is 16.1. The predicted octanol–water partition coefficient (Wildman–Crippen LogP) is 2.92. The predicted molar refractivity (Wildman–Crippen MR) is 102 cm³/mol. The highest BCUT2D eigenvalue weighted by atomic mass is 127. The summed E-state index contributed by atoms with van der Waals surface area (Å²) >= 11 is 0. The Bertz CT molecular complexity index is 691. The standard InChI is InChI=1S/C16H20FN5.HI/c1-11(2)8-19-16(18)20-9-13-10-22(21-12(13)3)15-6-4-14(17)5-7-15;/h4-7,10H,1,8-9H2,2-3H3,(H3,18,19,20);1H. The first-order valence-corrected chi connectivity index (χ1v) is 6.95. The van der Waals surface area contributed by atoms with Gasteiger partial charge in [-0.1, -0.05) is 12.2 Å². The van der Waals surface area contributed by atoms with E-state index in [0.29, 0.717) is 19.0 Å². The maximum Gasteiger partial charge on any atom is 0.189 e. The highest BCUT2D eigenvalue weighted by Gasteiger charge is 2.06. The maximum absolute atomic E-state index is 13.0. The first kappa shape index (κ1) is 19.1. The van der Waals surface area contributed by atoms with Crippen molar-refractivity contribution in [2.45, 2.75) is 20.4 Å². The highest BCUT2D eigenvalue weighted by Crippen LogP contribution is 2.13. The first-order chi connectivity index (χ1) is 10.5. The van der Waals surface area contributed by atoms with Crippen molar-refractivity contribution < 1.29 is 4.39 Å². The largest absolute Gasteiger partial charge is 0.370 e. The monoisotopic (exact) mass is 429 g/mol. The summed E-state index contributed by atoms with van der Waals surface area (Å²) in [5, 5.41) is 7.39. The molecule has 0 aliphatic heterocycles. The SMILES string of the molecule is C=C(C)CNC(N)=NCc1cn(-c2ccc(F)cc2)nc1C.I. The van der Waals surface area contributed by atoms with Crippen molar-refractivity contribution in [3.05, 3.63) is 59.7 Å². The average Bonchev–Trinajstić information content (AvgIpc) is 2.85. The summed E-state index contributed by atoms with van der Waals surface area (Å²) in [5.74, 6) is 0.103. The Labute approximate surface area is 152 Å². The molecule has 0 aliphatic carbocycles. The van der Waals surface area contributed by atoms with Gasteiger partial charge in [0.05, 0.1) is 17.9 Å². The zero-order valence-corrected chi connectivity index (χ0v) is 15.5. The minimum Gasteiger partial charge on any atom is -0.370 e. The molecule has 0 spiro atoms. The number of nitrogens with zero attached hydrogens (tertiary/aromatic N) is 3. The normalized spacial score (nSPS) is 11.0. The molecule has 2 rings (SSSR count). The van der Waals surface area contributed by atoms with Gasteiger partial charge in [-0.2, -0.15) is 5.10 Å². The number of guanidine groups is 1. The van der Waals surface area contributed by atoms with E-state index in [2.05, 4.69) is 22.0 Å². The Morgan fingerprint density at radius 3 is 2.65 bits per heavy atom. The summed E-state index contributed by atoms with van der Waals surface area (Å²) in [6.07, 6.45) is 1.87. The molecule has 1 heterocycles. The Hall–Kier alpha value is -1.90. The molecule has 1 aromatic carbocycles. The zero-order valence-electron chi connectivity index (χ0n) is 13.2. The Morgan fingerprint density at radius 2 is 2.04 bits per heavy atom. The van der Waals surface area contributed by atoms with E-state index >= 15 is 0 Å². The summed E-state index contributed by atoms with van der Waals surface area (Å²) in [6, 6.07) is 6.17. The third-order valence-corrected chi connectivity index (χ3v) is 3.08. The molecule has 0 bridgehead atoms. The fourth-order valence-electron chi connectivity index (χ4n) is 1.84. The number of hydrogen-bond acceptors (Lipinski definition) is 2. The summed E-state index contributed by atoms with van der Waals surface area (Å²) in [6.45, 7) is 8.64.